The highest BCUT2D eigenvalue weighted by Crippen LogP contribution is 2.05. The average molecular weight is 160 g/mol. The lowest BCUT2D eigenvalue weighted by atomic mass is 10.2. The van der Waals surface area contributed by atoms with Gasteiger partial charge in [-0.15, -0.1) is 12.6 Å². The van der Waals surface area contributed by atoms with Crippen LogP contribution in [0.1, 0.15) is 20.3 Å². The van der Waals surface area contributed by atoms with Crippen molar-refractivity contribution in [2.75, 3.05) is 0 Å². The van der Waals surface area contributed by atoms with Gasteiger partial charge in [0.15, 0.2) is 0 Å². The SMILES string of the molecule is C/C=C\[C@H](F)C/C=C(\C)S. The summed E-state index contributed by atoms with van der Waals surface area (Å²) in [6, 6.07) is 0. The molecule has 0 fully saturated rings. The predicted octanol–water partition coefficient (Wildman–Crippen LogP) is 3.12. The second kappa shape index (κ2) is 5.54. The van der Waals surface area contributed by atoms with Crippen molar-refractivity contribution < 1.29 is 4.39 Å². The van der Waals surface area contributed by atoms with Crippen LogP contribution in [0.15, 0.2) is 23.1 Å². The van der Waals surface area contributed by atoms with Crippen LogP contribution in [0.3, 0.4) is 0 Å². The Kier molecular flexibility index (Phi) is 5.40. The molecule has 0 radical (unpaired) electrons. The molecule has 0 aliphatic rings. The smallest absolute Gasteiger partial charge is 0.122 e. The van der Waals surface area contributed by atoms with Crippen LogP contribution in [0.2, 0.25) is 0 Å². The molecule has 0 aromatic heterocycles. The molecule has 0 unspecified atom stereocenters. The lowest BCUT2D eigenvalue weighted by Gasteiger charge is -1.96. The lowest BCUT2D eigenvalue weighted by Crippen LogP contribution is -1.90. The average Bonchev–Trinajstić information content (AvgIpc) is 1.85. The van der Waals surface area contributed by atoms with E-state index < -0.39 is 6.17 Å². The molecule has 0 spiro atoms. The van der Waals surface area contributed by atoms with E-state index in [9.17, 15) is 4.39 Å². The van der Waals surface area contributed by atoms with E-state index in [1.54, 1.807) is 12.2 Å². The summed E-state index contributed by atoms with van der Waals surface area (Å²) in [6.07, 6.45) is 4.60. The molecule has 0 rings (SSSR count). The summed E-state index contributed by atoms with van der Waals surface area (Å²) in [4.78, 5) is 0.868. The summed E-state index contributed by atoms with van der Waals surface area (Å²) < 4.78 is 12.6. The van der Waals surface area contributed by atoms with Gasteiger partial charge < -0.3 is 0 Å². The quantitative estimate of drug-likeness (QED) is 0.476. The Bertz CT molecular complexity index is 134. The van der Waals surface area contributed by atoms with Crippen molar-refractivity contribution in [1.29, 1.82) is 0 Å². The van der Waals surface area contributed by atoms with Crippen LogP contribution in [-0.4, -0.2) is 6.17 Å². The fraction of sp³-hybridized carbons (Fsp3) is 0.500. The van der Waals surface area contributed by atoms with Gasteiger partial charge in [0, 0.05) is 6.42 Å². The molecule has 0 N–H and O–H groups in total. The molecule has 0 bridgehead atoms. The maximum absolute atomic E-state index is 12.6. The van der Waals surface area contributed by atoms with E-state index in [0.29, 0.717) is 6.42 Å². The van der Waals surface area contributed by atoms with Gasteiger partial charge in [0.25, 0.3) is 0 Å². The van der Waals surface area contributed by atoms with Crippen molar-refractivity contribution in [3.05, 3.63) is 23.1 Å². The van der Waals surface area contributed by atoms with Crippen molar-refractivity contribution in [2.45, 2.75) is 26.4 Å². The fourth-order valence-electron chi connectivity index (χ4n) is 0.571. The van der Waals surface area contributed by atoms with Gasteiger partial charge in [-0.3, -0.25) is 0 Å². The van der Waals surface area contributed by atoms with Crippen LogP contribution >= 0.6 is 12.6 Å². The third-order valence-corrected chi connectivity index (χ3v) is 1.22. The lowest BCUT2D eigenvalue weighted by molar-refractivity contribution is 0.403. The van der Waals surface area contributed by atoms with E-state index in [-0.39, 0.29) is 0 Å². The highest BCUT2D eigenvalue weighted by Gasteiger charge is 1.95. The first-order valence-electron chi connectivity index (χ1n) is 3.29. The number of halogens is 1. The Labute approximate surface area is 67.2 Å². The topological polar surface area (TPSA) is 0 Å². The second-order valence-corrected chi connectivity index (χ2v) is 2.83. The number of hydrogen-bond acceptors (Lipinski definition) is 1. The molecule has 0 aliphatic carbocycles. The summed E-state index contributed by atoms with van der Waals surface area (Å²) in [5.41, 5.74) is 0. The molecule has 0 saturated heterocycles. The van der Waals surface area contributed by atoms with Crippen LogP contribution in [0.25, 0.3) is 0 Å². The van der Waals surface area contributed by atoms with Crippen molar-refractivity contribution in [1.82, 2.24) is 0 Å². The summed E-state index contributed by atoms with van der Waals surface area (Å²) in [5.74, 6) is 0. The van der Waals surface area contributed by atoms with E-state index >= 15 is 0 Å². The molecule has 10 heavy (non-hydrogen) atoms. The van der Waals surface area contributed by atoms with E-state index in [4.69, 9.17) is 0 Å². The zero-order valence-corrected chi connectivity index (χ0v) is 7.24. The van der Waals surface area contributed by atoms with Gasteiger partial charge in [-0.05, 0) is 18.8 Å². The predicted molar refractivity (Wildman–Crippen MR) is 47.1 cm³/mol. The number of rotatable bonds is 3. The van der Waals surface area contributed by atoms with Gasteiger partial charge in [0.1, 0.15) is 6.17 Å². The molecular formula is C8H13FS. The number of thiol groups is 1. The fourth-order valence-corrected chi connectivity index (χ4v) is 0.676. The number of alkyl halides is 1. The van der Waals surface area contributed by atoms with Crippen molar-refractivity contribution in [3.63, 3.8) is 0 Å². The van der Waals surface area contributed by atoms with Crippen LogP contribution in [0.4, 0.5) is 4.39 Å². The molecule has 0 nitrogen and oxygen atoms in total. The van der Waals surface area contributed by atoms with Crippen molar-refractivity contribution >= 4 is 12.6 Å². The summed E-state index contributed by atoms with van der Waals surface area (Å²) in [6.45, 7) is 3.65. The normalized spacial score (nSPS) is 16.2. The van der Waals surface area contributed by atoms with Gasteiger partial charge in [-0.1, -0.05) is 18.2 Å². The van der Waals surface area contributed by atoms with Crippen LogP contribution < -0.4 is 0 Å². The first kappa shape index (κ1) is 9.76. The standard InChI is InChI=1S/C8H13FS/c1-3-4-8(9)6-5-7(2)10/h3-5,8,10H,6H2,1-2H3/b4-3-,7-5+/t8-/m0/s1. The molecule has 0 aromatic carbocycles. The third kappa shape index (κ3) is 5.89. The zero-order chi connectivity index (χ0) is 7.98. The molecule has 0 aliphatic heterocycles. The second-order valence-electron chi connectivity index (χ2n) is 2.12. The molecule has 0 amide bonds. The molecule has 0 aromatic rings. The Morgan fingerprint density at radius 1 is 1.70 bits per heavy atom. The highest BCUT2D eigenvalue weighted by molar-refractivity contribution is 7.84. The minimum Gasteiger partial charge on any atom is -0.243 e. The van der Waals surface area contributed by atoms with Gasteiger partial charge in [-0.2, -0.15) is 0 Å². The van der Waals surface area contributed by atoms with E-state index in [0.717, 1.165) is 4.91 Å². The molecule has 0 heterocycles. The van der Waals surface area contributed by atoms with E-state index in [2.05, 4.69) is 12.6 Å². The minimum atomic E-state index is -0.855. The molecule has 2 heteroatoms. The third-order valence-electron chi connectivity index (χ3n) is 1.04. The molecule has 1 atom stereocenters. The summed E-state index contributed by atoms with van der Waals surface area (Å²) in [5, 5.41) is 0. The Morgan fingerprint density at radius 2 is 2.30 bits per heavy atom. The maximum atomic E-state index is 12.6. The first-order chi connectivity index (χ1) is 4.66. The monoisotopic (exact) mass is 160 g/mol. The molecule has 58 valence electrons. The van der Waals surface area contributed by atoms with Crippen LogP contribution in [0.5, 0.6) is 0 Å². The van der Waals surface area contributed by atoms with Crippen molar-refractivity contribution in [3.8, 4) is 0 Å². The number of allylic oxidation sites excluding steroid dienone is 4. The van der Waals surface area contributed by atoms with Crippen LogP contribution in [-0.2, 0) is 0 Å². The van der Waals surface area contributed by atoms with Gasteiger partial charge in [0.05, 0.1) is 0 Å². The Hall–Kier alpha value is -0.240. The van der Waals surface area contributed by atoms with Crippen molar-refractivity contribution in [2.24, 2.45) is 0 Å². The van der Waals surface area contributed by atoms with Gasteiger partial charge in [-0.25, -0.2) is 4.39 Å². The van der Waals surface area contributed by atoms with E-state index in [1.165, 1.54) is 6.08 Å². The number of hydrogen-bond donors (Lipinski definition) is 1. The first-order valence-corrected chi connectivity index (χ1v) is 3.74. The molecular weight excluding hydrogens is 147 g/mol. The summed E-state index contributed by atoms with van der Waals surface area (Å²) >= 11 is 4.01. The zero-order valence-electron chi connectivity index (χ0n) is 6.34. The maximum Gasteiger partial charge on any atom is 0.122 e. The van der Waals surface area contributed by atoms with Gasteiger partial charge in [0.2, 0.25) is 0 Å². The van der Waals surface area contributed by atoms with E-state index in [1.807, 2.05) is 13.8 Å². The Morgan fingerprint density at radius 3 is 2.70 bits per heavy atom. The largest absolute Gasteiger partial charge is 0.243 e. The van der Waals surface area contributed by atoms with Gasteiger partial charge >= 0.3 is 0 Å². The highest BCUT2D eigenvalue weighted by atomic mass is 32.1. The minimum absolute atomic E-state index is 0.430. The van der Waals surface area contributed by atoms with Crippen LogP contribution in [0, 0.1) is 0 Å². The molecule has 0 saturated carbocycles. The Balaban J connectivity index is 3.59. The summed E-state index contributed by atoms with van der Waals surface area (Å²) in [7, 11) is 0.